The van der Waals surface area contributed by atoms with Gasteiger partial charge in [0.2, 0.25) is 5.91 Å². The van der Waals surface area contributed by atoms with E-state index in [0.717, 1.165) is 5.56 Å². The van der Waals surface area contributed by atoms with Crippen LogP contribution in [-0.2, 0) is 20.7 Å². The molecule has 0 saturated heterocycles. The summed E-state index contributed by atoms with van der Waals surface area (Å²) in [6.07, 6.45) is -0.519. The average Bonchev–Trinajstić information content (AvgIpc) is 2.63. The van der Waals surface area contributed by atoms with Crippen LogP contribution in [0.5, 0.6) is 5.75 Å². The van der Waals surface area contributed by atoms with Crippen molar-refractivity contribution in [3.05, 3.63) is 65.7 Å². The number of carbonyl (C=O) groups is 2. The predicted octanol–water partition coefficient (Wildman–Crippen LogP) is 1.60. The minimum Gasteiger partial charge on any atom is -0.497 e. The van der Waals surface area contributed by atoms with E-state index in [0.29, 0.717) is 11.3 Å². The summed E-state index contributed by atoms with van der Waals surface area (Å²) in [7, 11) is 3.02. The Morgan fingerprint density at radius 3 is 2.20 bits per heavy atom. The van der Waals surface area contributed by atoms with Gasteiger partial charge in [-0.05, 0) is 23.3 Å². The number of hydrogen-bond acceptors (Lipinski definition) is 4. The Balaban J connectivity index is 2.09. The second-order valence-corrected chi connectivity index (χ2v) is 5.54. The van der Waals surface area contributed by atoms with E-state index >= 15 is 0 Å². The van der Waals surface area contributed by atoms with Crippen LogP contribution in [0.4, 0.5) is 0 Å². The zero-order chi connectivity index (χ0) is 18.2. The first kappa shape index (κ1) is 18.5. The van der Waals surface area contributed by atoms with Crippen LogP contribution in [0, 0.1) is 0 Å². The molecular formula is C19H22N2O4. The molecule has 2 atom stereocenters. The van der Waals surface area contributed by atoms with E-state index in [1.54, 1.807) is 31.4 Å². The van der Waals surface area contributed by atoms with Crippen molar-refractivity contribution in [3.8, 4) is 5.75 Å². The van der Waals surface area contributed by atoms with Crippen molar-refractivity contribution >= 4 is 11.8 Å². The van der Waals surface area contributed by atoms with Gasteiger partial charge in [0.25, 0.3) is 5.91 Å². The molecule has 0 aromatic heterocycles. The first-order chi connectivity index (χ1) is 12.0. The molecule has 2 rings (SSSR count). The van der Waals surface area contributed by atoms with Crippen molar-refractivity contribution in [2.45, 2.75) is 18.6 Å². The fraction of sp³-hybridized carbons (Fsp3) is 0.263. The first-order valence-corrected chi connectivity index (χ1v) is 7.85. The third-order valence-electron chi connectivity index (χ3n) is 3.83. The number of rotatable bonds is 8. The van der Waals surface area contributed by atoms with Gasteiger partial charge < -0.3 is 20.5 Å². The molecule has 3 N–H and O–H groups in total. The number of primary amides is 1. The molecule has 0 fully saturated rings. The summed E-state index contributed by atoms with van der Waals surface area (Å²) >= 11 is 0. The maximum absolute atomic E-state index is 12.5. The summed E-state index contributed by atoms with van der Waals surface area (Å²) in [4.78, 5) is 24.3. The molecule has 25 heavy (non-hydrogen) atoms. The Hall–Kier alpha value is -2.86. The fourth-order valence-electron chi connectivity index (χ4n) is 2.49. The van der Waals surface area contributed by atoms with E-state index in [4.69, 9.17) is 15.2 Å². The zero-order valence-corrected chi connectivity index (χ0v) is 14.3. The third kappa shape index (κ3) is 5.06. The molecule has 0 heterocycles. The van der Waals surface area contributed by atoms with Crippen molar-refractivity contribution < 1.29 is 19.1 Å². The molecule has 0 unspecified atom stereocenters. The topological polar surface area (TPSA) is 90.7 Å². The van der Waals surface area contributed by atoms with E-state index < -0.39 is 24.0 Å². The largest absolute Gasteiger partial charge is 0.497 e. The molecule has 0 bridgehead atoms. The normalized spacial score (nSPS) is 12.9. The minimum absolute atomic E-state index is 0.288. The molecule has 0 aliphatic carbocycles. The van der Waals surface area contributed by atoms with Crippen molar-refractivity contribution in [1.82, 2.24) is 5.32 Å². The molecule has 0 spiro atoms. The van der Waals surface area contributed by atoms with Gasteiger partial charge in [-0.3, -0.25) is 9.59 Å². The molecule has 0 aliphatic heterocycles. The van der Waals surface area contributed by atoms with Crippen LogP contribution in [0.2, 0.25) is 0 Å². The molecular weight excluding hydrogens is 320 g/mol. The summed E-state index contributed by atoms with van der Waals surface area (Å²) in [6, 6.07) is 15.5. The van der Waals surface area contributed by atoms with Gasteiger partial charge in [-0.2, -0.15) is 0 Å². The SMILES string of the molecule is COc1ccc(C[C@@H](NC(=O)[C@@H](OC)c2ccccc2)C(N)=O)cc1. The van der Waals surface area contributed by atoms with Crippen LogP contribution in [-0.4, -0.2) is 32.1 Å². The van der Waals surface area contributed by atoms with Gasteiger partial charge in [0.05, 0.1) is 7.11 Å². The molecule has 2 amide bonds. The second-order valence-electron chi connectivity index (χ2n) is 5.54. The van der Waals surface area contributed by atoms with E-state index in [-0.39, 0.29) is 6.42 Å². The van der Waals surface area contributed by atoms with Crippen LogP contribution < -0.4 is 15.8 Å². The average molecular weight is 342 g/mol. The highest BCUT2D eigenvalue weighted by molar-refractivity contribution is 5.89. The molecule has 6 nitrogen and oxygen atoms in total. The van der Waals surface area contributed by atoms with Gasteiger partial charge >= 0.3 is 0 Å². The summed E-state index contributed by atoms with van der Waals surface area (Å²) < 4.78 is 10.4. The van der Waals surface area contributed by atoms with Gasteiger partial charge in [0.1, 0.15) is 11.8 Å². The fourth-order valence-corrected chi connectivity index (χ4v) is 2.49. The number of amides is 2. The van der Waals surface area contributed by atoms with Crippen LogP contribution in [0.25, 0.3) is 0 Å². The Morgan fingerprint density at radius 2 is 1.68 bits per heavy atom. The van der Waals surface area contributed by atoms with Gasteiger partial charge in [0.15, 0.2) is 6.10 Å². The summed E-state index contributed by atoms with van der Waals surface area (Å²) in [5.74, 6) is -0.301. The third-order valence-corrected chi connectivity index (χ3v) is 3.83. The molecule has 0 saturated carbocycles. The highest BCUT2D eigenvalue weighted by Crippen LogP contribution is 2.17. The Morgan fingerprint density at radius 1 is 1.04 bits per heavy atom. The van der Waals surface area contributed by atoms with E-state index in [9.17, 15) is 9.59 Å². The molecule has 6 heteroatoms. The molecule has 0 radical (unpaired) electrons. The maximum atomic E-state index is 12.5. The summed E-state index contributed by atoms with van der Waals surface area (Å²) in [6.45, 7) is 0. The highest BCUT2D eigenvalue weighted by Gasteiger charge is 2.25. The van der Waals surface area contributed by atoms with Crippen molar-refractivity contribution in [1.29, 1.82) is 0 Å². The lowest BCUT2D eigenvalue weighted by Crippen LogP contribution is -2.47. The maximum Gasteiger partial charge on any atom is 0.254 e. The van der Waals surface area contributed by atoms with Gasteiger partial charge in [0, 0.05) is 13.5 Å². The molecule has 132 valence electrons. The highest BCUT2D eigenvalue weighted by atomic mass is 16.5. The lowest BCUT2D eigenvalue weighted by atomic mass is 10.0. The Bertz CT molecular complexity index is 701. The second kappa shape index (κ2) is 8.84. The van der Waals surface area contributed by atoms with Crippen LogP contribution in [0.15, 0.2) is 54.6 Å². The van der Waals surface area contributed by atoms with E-state index in [2.05, 4.69) is 5.32 Å². The standard InChI is InChI=1S/C19H22N2O4/c1-24-15-10-8-13(9-11-15)12-16(18(20)22)21-19(23)17(25-2)14-6-4-3-5-7-14/h3-11,16-17H,12H2,1-2H3,(H2,20,22)(H,21,23)/t16-,17+/m1/s1. The molecule has 0 aliphatic rings. The van der Waals surface area contributed by atoms with Crippen molar-refractivity contribution in [3.63, 3.8) is 0 Å². The van der Waals surface area contributed by atoms with Crippen molar-refractivity contribution in [2.24, 2.45) is 5.73 Å². The van der Waals surface area contributed by atoms with E-state index in [1.165, 1.54) is 7.11 Å². The van der Waals surface area contributed by atoms with Crippen molar-refractivity contribution in [2.75, 3.05) is 14.2 Å². The smallest absolute Gasteiger partial charge is 0.254 e. The number of methoxy groups -OCH3 is 2. The first-order valence-electron chi connectivity index (χ1n) is 7.85. The number of nitrogens with two attached hydrogens (primary N) is 1. The number of nitrogens with one attached hydrogen (secondary N) is 1. The lowest BCUT2D eigenvalue weighted by Gasteiger charge is -2.20. The number of hydrogen-bond donors (Lipinski definition) is 2. The van der Waals surface area contributed by atoms with Gasteiger partial charge in [-0.1, -0.05) is 42.5 Å². The number of ether oxygens (including phenoxy) is 2. The van der Waals surface area contributed by atoms with Gasteiger partial charge in [-0.15, -0.1) is 0 Å². The Kier molecular flexibility index (Phi) is 6.54. The monoisotopic (exact) mass is 342 g/mol. The molecule has 2 aromatic carbocycles. The van der Waals surface area contributed by atoms with Gasteiger partial charge in [-0.25, -0.2) is 0 Å². The molecule has 2 aromatic rings. The lowest BCUT2D eigenvalue weighted by molar-refractivity contribution is -0.134. The van der Waals surface area contributed by atoms with Crippen LogP contribution in [0.1, 0.15) is 17.2 Å². The zero-order valence-electron chi connectivity index (χ0n) is 14.3. The minimum atomic E-state index is -0.831. The summed E-state index contributed by atoms with van der Waals surface area (Å²) in [5.41, 5.74) is 7.01. The summed E-state index contributed by atoms with van der Waals surface area (Å²) in [5, 5.41) is 2.67. The Labute approximate surface area is 146 Å². The van der Waals surface area contributed by atoms with Crippen LogP contribution >= 0.6 is 0 Å². The number of benzene rings is 2. The predicted molar refractivity (Wildman–Crippen MR) is 94.0 cm³/mol. The number of carbonyl (C=O) groups excluding carboxylic acids is 2. The quantitative estimate of drug-likeness (QED) is 0.762. The van der Waals surface area contributed by atoms with Crippen LogP contribution in [0.3, 0.4) is 0 Å². The van der Waals surface area contributed by atoms with E-state index in [1.807, 2.05) is 30.3 Å².